The molecule has 8 nitrogen and oxygen atoms in total. The highest BCUT2D eigenvalue weighted by atomic mass is 16.6. The quantitative estimate of drug-likeness (QED) is 0.653. The van der Waals surface area contributed by atoms with Gasteiger partial charge in [-0.25, -0.2) is 4.68 Å². The number of piperidine rings is 1. The van der Waals surface area contributed by atoms with Crippen LogP contribution in [0.3, 0.4) is 0 Å². The summed E-state index contributed by atoms with van der Waals surface area (Å²) in [4.78, 5) is 13.4. The zero-order valence-electron chi connectivity index (χ0n) is 13.8. The van der Waals surface area contributed by atoms with Crippen LogP contribution in [-0.2, 0) is 11.8 Å². The minimum atomic E-state index is -0.347. The van der Waals surface area contributed by atoms with Crippen LogP contribution in [0.25, 0.3) is 0 Å². The third-order valence-electron chi connectivity index (χ3n) is 4.84. The third-order valence-corrected chi connectivity index (χ3v) is 4.84. The van der Waals surface area contributed by atoms with E-state index in [-0.39, 0.29) is 16.7 Å². The van der Waals surface area contributed by atoms with Gasteiger partial charge in [-0.3, -0.25) is 10.1 Å². The summed E-state index contributed by atoms with van der Waals surface area (Å²) in [5.41, 5.74) is 0.553. The Hall–Kier alpha value is -1.67. The number of aromatic nitrogens is 2. The lowest BCUT2D eigenvalue weighted by molar-refractivity contribution is -0.384. The van der Waals surface area contributed by atoms with Gasteiger partial charge < -0.3 is 15.0 Å². The van der Waals surface area contributed by atoms with Crippen molar-refractivity contribution in [3.05, 3.63) is 15.8 Å². The topological polar surface area (TPSA) is 85.5 Å². The molecule has 0 aliphatic carbocycles. The van der Waals surface area contributed by atoms with Gasteiger partial charge in [0, 0.05) is 39.3 Å². The molecule has 23 heavy (non-hydrogen) atoms. The van der Waals surface area contributed by atoms with Crippen LogP contribution in [0.15, 0.2) is 0 Å². The fourth-order valence-electron chi connectivity index (χ4n) is 3.57. The molecule has 8 heteroatoms. The van der Waals surface area contributed by atoms with Gasteiger partial charge in [-0.2, -0.15) is 5.10 Å². The number of hydrogen-bond acceptors (Lipinski definition) is 6. The molecule has 1 aromatic rings. The minimum absolute atomic E-state index is 0.0954. The van der Waals surface area contributed by atoms with E-state index in [9.17, 15) is 10.1 Å². The molecule has 0 amide bonds. The van der Waals surface area contributed by atoms with E-state index < -0.39 is 0 Å². The summed E-state index contributed by atoms with van der Waals surface area (Å²) in [6.07, 6.45) is 3.16. The van der Waals surface area contributed by atoms with E-state index in [1.165, 1.54) is 6.42 Å². The first-order valence-corrected chi connectivity index (χ1v) is 8.29. The number of aryl methyl sites for hydroxylation is 2. The highest BCUT2D eigenvalue weighted by Gasteiger charge is 2.28. The van der Waals surface area contributed by atoms with E-state index in [1.54, 1.807) is 18.7 Å². The van der Waals surface area contributed by atoms with E-state index in [0.717, 1.165) is 45.7 Å². The fraction of sp³-hybridized carbons (Fsp3) is 0.800. The third kappa shape index (κ3) is 3.64. The average Bonchev–Trinajstić information content (AvgIpc) is 3.09. The van der Waals surface area contributed by atoms with Gasteiger partial charge in [0.2, 0.25) is 5.82 Å². The molecule has 3 rings (SSSR count). The molecule has 0 spiro atoms. The van der Waals surface area contributed by atoms with Crippen molar-refractivity contribution in [1.29, 1.82) is 0 Å². The Morgan fingerprint density at radius 2 is 2.13 bits per heavy atom. The lowest BCUT2D eigenvalue weighted by atomic mass is 10.0. The number of likely N-dealkylation sites (tertiary alicyclic amines) is 1. The van der Waals surface area contributed by atoms with Crippen LogP contribution in [0.2, 0.25) is 0 Å². The summed E-state index contributed by atoms with van der Waals surface area (Å²) >= 11 is 0. The van der Waals surface area contributed by atoms with Gasteiger partial charge in [-0.15, -0.1) is 0 Å². The Balaban J connectivity index is 1.55. The molecular weight excluding hydrogens is 298 g/mol. The van der Waals surface area contributed by atoms with Gasteiger partial charge in [0.15, 0.2) is 0 Å². The van der Waals surface area contributed by atoms with E-state index in [2.05, 4.69) is 15.3 Å². The van der Waals surface area contributed by atoms with Crippen LogP contribution in [-0.4, -0.2) is 58.5 Å². The lowest BCUT2D eigenvalue weighted by Gasteiger charge is -2.33. The fourth-order valence-corrected chi connectivity index (χ4v) is 3.57. The summed E-state index contributed by atoms with van der Waals surface area (Å²) in [5, 5.41) is 18.7. The summed E-state index contributed by atoms with van der Waals surface area (Å²) in [6, 6.07) is 0.263. The van der Waals surface area contributed by atoms with Gasteiger partial charge in [-0.1, -0.05) is 0 Å². The molecule has 1 atom stereocenters. The summed E-state index contributed by atoms with van der Waals surface area (Å²) in [7, 11) is 1.75. The normalized spacial score (nSPS) is 23.3. The van der Waals surface area contributed by atoms with E-state index in [0.29, 0.717) is 17.4 Å². The van der Waals surface area contributed by atoms with Crippen LogP contribution in [0, 0.1) is 23.0 Å². The van der Waals surface area contributed by atoms with Crippen LogP contribution >= 0.6 is 0 Å². The van der Waals surface area contributed by atoms with Gasteiger partial charge in [0.1, 0.15) is 5.69 Å². The predicted molar refractivity (Wildman–Crippen MR) is 86.6 cm³/mol. The second-order valence-corrected chi connectivity index (χ2v) is 6.61. The first-order valence-electron chi connectivity index (χ1n) is 8.29. The summed E-state index contributed by atoms with van der Waals surface area (Å²) < 4.78 is 7.02. The Labute approximate surface area is 135 Å². The molecule has 2 saturated heterocycles. The van der Waals surface area contributed by atoms with Crippen LogP contribution in [0.4, 0.5) is 11.5 Å². The number of nitrogens with zero attached hydrogens (tertiary/aromatic N) is 4. The first kappa shape index (κ1) is 16.2. The maximum Gasteiger partial charge on any atom is 0.333 e. The van der Waals surface area contributed by atoms with Crippen LogP contribution < -0.4 is 5.32 Å². The van der Waals surface area contributed by atoms with E-state index >= 15 is 0 Å². The molecule has 0 radical (unpaired) electrons. The lowest BCUT2D eigenvalue weighted by Crippen LogP contribution is -2.41. The number of hydrogen-bond donors (Lipinski definition) is 1. The van der Waals surface area contributed by atoms with Gasteiger partial charge in [0.25, 0.3) is 0 Å². The first-order chi connectivity index (χ1) is 11.0. The molecule has 3 heterocycles. The van der Waals surface area contributed by atoms with E-state index in [4.69, 9.17) is 4.74 Å². The van der Waals surface area contributed by atoms with Crippen molar-refractivity contribution < 1.29 is 9.66 Å². The minimum Gasteiger partial charge on any atom is -0.381 e. The highest BCUT2D eigenvalue weighted by Crippen LogP contribution is 2.29. The van der Waals surface area contributed by atoms with Gasteiger partial charge in [-0.05, 0) is 32.1 Å². The van der Waals surface area contributed by atoms with Crippen molar-refractivity contribution in [3.8, 4) is 0 Å². The van der Waals surface area contributed by atoms with Crippen molar-refractivity contribution in [2.75, 3.05) is 38.2 Å². The standard InChI is InChI=1S/C15H25N5O3/c1-11-14(20(21)22)15(18(2)17-11)16-13-3-6-19(7-4-13)9-12-5-8-23-10-12/h12-13,16H,3-10H2,1-2H3. The Bertz CT molecular complexity index is 560. The number of rotatable bonds is 5. The van der Waals surface area contributed by atoms with Crippen LogP contribution in [0.5, 0.6) is 0 Å². The van der Waals surface area contributed by atoms with E-state index in [1.807, 2.05) is 0 Å². The number of nitro groups is 1. The molecule has 0 bridgehead atoms. The van der Waals surface area contributed by atoms with Crippen molar-refractivity contribution in [2.45, 2.75) is 32.2 Å². The molecule has 1 unspecified atom stereocenters. The zero-order valence-corrected chi connectivity index (χ0v) is 13.8. The van der Waals surface area contributed by atoms with Crippen molar-refractivity contribution >= 4 is 11.5 Å². The molecule has 2 aliphatic rings. The maximum atomic E-state index is 11.2. The van der Waals surface area contributed by atoms with Gasteiger partial charge in [0.05, 0.1) is 11.5 Å². The SMILES string of the molecule is Cc1nn(C)c(NC2CCN(CC3CCOC3)CC2)c1[N+](=O)[O-]. The maximum absolute atomic E-state index is 11.2. The zero-order chi connectivity index (χ0) is 16.4. The summed E-state index contributed by atoms with van der Waals surface area (Å²) in [6.45, 7) is 6.62. The molecular formula is C15H25N5O3. The molecule has 2 aliphatic heterocycles. The molecule has 2 fully saturated rings. The van der Waals surface area contributed by atoms with Crippen LogP contribution in [0.1, 0.15) is 25.0 Å². The average molecular weight is 323 g/mol. The van der Waals surface area contributed by atoms with Crippen molar-refractivity contribution in [1.82, 2.24) is 14.7 Å². The Kier molecular flexibility index (Phi) is 4.82. The largest absolute Gasteiger partial charge is 0.381 e. The molecule has 128 valence electrons. The summed E-state index contributed by atoms with van der Waals surface area (Å²) in [5.74, 6) is 1.19. The number of ether oxygens (including phenoxy) is 1. The van der Waals surface area contributed by atoms with Crippen molar-refractivity contribution in [3.63, 3.8) is 0 Å². The Morgan fingerprint density at radius 3 is 2.74 bits per heavy atom. The number of anilines is 1. The molecule has 0 aromatic carbocycles. The van der Waals surface area contributed by atoms with Crippen molar-refractivity contribution in [2.24, 2.45) is 13.0 Å². The second kappa shape index (κ2) is 6.84. The highest BCUT2D eigenvalue weighted by molar-refractivity contribution is 5.59. The Morgan fingerprint density at radius 1 is 1.39 bits per heavy atom. The predicted octanol–water partition coefficient (Wildman–Crippen LogP) is 1.55. The molecule has 1 N–H and O–H groups in total. The second-order valence-electron chi connectivity index (χ2n) is 6.61. The number of nitrogens with one attached hydrogen (secondary N) is 1. The molecule has 1 aromatic heterocycles. The van der Waals surface area contributed by atoms with Gasteiger partial charge >= 0.3 is 5.69 Å². The smallest absolute Gasteiger partial charge is 0.333 e. The monoisotopic (exact) mass is 323 g/mol. The molecule has 0 saturated carbocycles.